The second-order valence-electron chi connectivity index (χ2n) is 5.88. The molecule has 3 rings (SSSR count). The van der Waals surface area contributed by atoms with Gasteiger partial charge in [0.1, 0.15) is 11.6 Å². The van der Waals surface area contributed by atoms with Crippen LogP contribution in [0.2, 0.25) is 0 Å². The third kappa shape index (κ3) is 3.90. The minimum atomic E-state index is -4.66. The molecule has 3 aromatic rings. The van der Waals surface area contributed by atoms with Crippen LogP contribution in [0, 0.1) is 12.7 Å². The number of alkyl halides is 3. The number of hydrogen-bond donors (Lipinski definition) is 2. The molecule has 27 heavy (non-hydrogen) atoms. The first-order valence-electron chi connectivity index (χ1n) is 7.79. The van der Waals surface area contributed by atoms with E-state index in [1.165, 1.54) is 23.1 Å². The van der Waals surface area contributed by atoms with Gasteiger partial charge in [-0.3, -0.25) is 4.79 Å². The number of halogens is 4. The zero-order valence-electron chi connectivity index (χ0n) is 14.0. The summed E-state index contributed by atoms with van der Waals surface area (Å²) in [6, 6.07) is 3.35. The maximum atomic E-state index is 14.2. The molecule has 1 atom stereocenters. The van der Waals surface area contributed by atoms with Gasteiger partial charge in [-0.05, 0) is 24.6 Å². The third-order valence-electron chi connectivity index (χ3n) is 3.97. The van der Waals surface area contributed by atoms with E-state index in [1.54, 1.807) is 6.92 Å². The average Bonchev–Trinajstić information content (AvgIpc) is 3.05. The van der Waals surface area contributed by atoms with Gasteiger partial charge >= 0.3 is 6.18 Å². The van der Waals surface area contributed by atoms with Crippen molar-refractivity contribution < 1.29 is 22.7 Å². The minimum Gasteiger partial charge on any atom is -0.395 e. The van der Waals surface area contributed by atoms with Crippen LogP contribution in [0.4, 0.5) is 17.6 Å². The lowest BCUT2D eigenvalue weighted by Gasteiger charge is -2.15. The predicted octanol–water partition coefficient (Wildman–Crippen LogP) is 2.55. The van der Waals surface area contributed by atoms with Crippen molar-refractivity contribution in [3.05, 3.63) is 75.3 Å². The average molecular weight is 382 g/mol. The van der Waals surface area contributed by atoms with E-state index in [4.69, 9.17) is 0 Å². The molecule has 0 amide bonds. The summed E-state index contributed by atoms with van der Waals surface area (Å²) in [6.45, 7) is 1.04. The Morgan fingerprint density at radius 2 is 2.04 bits per heavy atom. The molecule has 0 radical (unpaired) electrons. The van der Waals surface area contributed by atoms with Gasteiger partial charge < -0.3 is 10.1 Å². The highest BCUT2D eigenvalue weighted by Crippen LogP contribution is 2.33. The molecular formula is C17H14F4N4O2. The summed E-state index contributed by atoms with van der Waals surface area (Å²) >= 11 is 0. The number of aliphatic hydroxyl groups is 1. The molecule has 0 unspecified atom stereocenters. The van der Waals surface area contributed by atoms with Crippen LogP contribution in [0.15, 0.2) is 41.5 Å². The van der Waals surface area contributed by atoms with Crippen LogP contribution in [0.3, 0.4) is 0 Å². The molecule has 0 bridgehead atoms. The van der Waals surface area contributed by atoms with Gasteiger partial charge in [0.25, 0.3) is 5.56 Å². The fourth-order valence-electron chi connectivity index (χ4n) is 2.69. The topological polar surface area (TPSA) is 83.8 Å². The number of benzene rings is 1. The number of aryl methyl sites for hydroxylation is 1. The Hall–Kier alpha value is -3.01. The van der Waals surface area contributed by atoms with Crippen LogP contribution in [0.5, 0.6) is 0 Å². The van der Waals surface area contributed by atoms with Crippen LogP contribution in [0.25, 0.3) is 5.82 Å². The van der Waals surface area contributed by atoms with E-state index in [1.807, 2.05) is 0 Å². The summed E-state index contributed by atoms with van der Waals surface area (Å²) in [5.74, 6) is -1.43. The van der Waals surface area contributed by atoms with Crippen LogP contribution < -0.4 is 5.56 Å². The molecule has 2 aromatic heterocycles. The van der Waals surface area contributed by atoms with Crippen molar-refractivity contribution in [1.82, 2.24) is 19.7 Å². The molecule has 0 aliphatic heterocycles. The maximum absolute atomic E-state index is 14.2. The number of H-pyrrole nitrogens is 1. The Morgan fingerprint density at radius 3 is 2.63 bits per heavy atom. The van der Waals surface area contributed by atoms with Crippen molar-refractivity contribution in [2.45, 2.75) is 19.0 Å². The molecule has 0 spiro atoms. The molecule has 2 N–H and O–H groups in total. The van der Waals surface area contributed by atoms with Gasteiger partial charge in [-0.25, -0.2) is 14.1 Å². The van der Waals surface area contributed by atoms with E-state index in [9.17, 15) is 27.5 Å². The molecule has 0 saturated heterocycles. The van der Waals surface area contributed by atoms with Crippen LogP contribution in [-0.4, -0.2) is 31.5 Å². The SMILES string of the molecule is Cc1nc(-n2cc([C@@H](CO)c3ccc(C(F)(F)F)cc3F)cn2)cc(=O)[nH]1. The largest absolute Gasteiger partial charge is 0.416 e. The number of aromatic nitrogens is 4. The van der Waals surface area contributed by atoms with Crippen LogP contribution in [0.1, 0.15) is 28.4 Å². The lowest BCUT2D eigenvalue weighted by Crippen LogP contribution is -2.12. The van der Waals surface area contributed by atoms with Gasteiger partial charge in [0, 0.05) is 23.7 Å². The highest BCUT2D eigenvalue weighted by molar-refractivity contribution is 5.35. The lowest BCUT2D eigenvalue weighted by molar-refractivity contribution is -0.137. The highest BCUT2D eigenvalue weighted by atomic mass is 19.4. The molecule has 0 aliphatic rings. The summed E-state index contributed by atoms with van der Waals surface area (Å²) in [7, 11) is 0. The van der Waals surface area contributed by atoms with E-state index in [0.717, 1.165) is 12.1 Å². The summed E-state index contributed by atoms with van der Waals surface area (Å²) in [5.41, 5.74) is -1.24. The number of hydrogen-bond acceptors (Lipinski definition) is 4. The third-order valence-corrected chi connectivity index (χ3v) is 3.97. The monoisotopic (exact) mass is 382 g/mol. The molecule has 1 aromatic carbocycles. The zero-order valence-corrected chi connectivity index (χ0v) is 14.0. The smallest absolute Gasteiger partial charge is 0.395 e. The van der Waals surface area contributed by atoms with Crippen molar-refractivity contribution in [2.24, 2.45) is 0 Å². The van der Waals surface area contributed by atoms with E-state index >= 15 is 0 Å². The van der Waals surface area contributed by atoms with E-state index in [2.05, 4.69) is 15.1 Å². The molecule has 10 heteroatoms. The zero-order chi connectivity index (χ0) is 19.8. The Kier molecular flexibility index (Phi) is 4.83. The first-order valence-corrected chi connectivity index (χ1v) is 7.79. The number of rotatable bonds is 4. The normalized spacial score (nSPS) is 13.0. The van der Waals surface area contributed by atoms with Gasteiger partial charge in [-0.1, -0.05) is 6.07 Å². The Labute approximate surface area is 150 Å². The van der Waals surface area contributed by atoms with E-state index < -0.39 is 30.1 Å². The van der Waals surface area contributed by atoms with Crippen molar-refractivity contribution in [3.8, 4) is 5.82 Å². The fourth-order valence-corrected chi connectivity index (χ4v) is 2.69. The Balaban J connectivity index is 1.98. The fraction of sp³-hybridized carbons (Fsp3) is 0.235. The maximum Gasteiger partial charge on any atom is 0.416 e. The Bertz CT molecular complexity index is 1030. The van der Waals surface area contributed by atoms with Crippen molar-refractivity contribution in [1.29, 1.82) is 0 Å². The quantitative estimate of drug-likeness (QED) is 0.680. The molecule has 0 fully saturated rings. The molecule has 0 aliphatic carbocycles. The first kappa shape index (κ1) is 18.8. The van der Waals surface area contributed by atoms with Crippen LogP contribution >= 0.6 is 0 Å². The standard InChI is InChI=1S/C17H14F4N4O2/c1-9-23-15(5-16(27)24-9)25-7-10(6-22-25)13(8-26)12-3-2-11(4-14(12)18)17(19,20)21/h2-7,13,26H,8H2,1H3,(H,23,24,27)/t13-/m1/s1. The molecular weight excluding hydrogens is 368 g/mol. The predicted molar refractivity (Wildman–Crippen MR) is 87.0 cm³/mol. The molecule has 2 heterocycles. The van der Waals surface area contributed by atoms with Crippen molar-refractivity contribution in [2.75, 3.05) is 6.61 Å². The highest BCUT2D eigenvalue weighted by Gasteiger charge is 2.32. The summed E-state index contributed by atoms with van der Waals surface area (Å²) in [5, 5.41) is 13.7. The van der Waals surface area contributed by atoms with E-state index in [0.29, 0.717) is 17.5 Å². The second kappa shape index (κ2) is 6.95. The molecule has 142 valence electrons. The number of nitrogens with one attached hydrogen (secondary N) is 1. The van der Waals surface area contributed by atoms with Crippen molar-refractivity contribution in [3.63, 3.8) is 0 Å². The lowest BCUT2D eigenvalue weighted by atomic mass is 9.93. The van der Waals surface area contributed by atoms with Crippen molar-refractivity contribution >= 4 is 0 Å². The Morgan fingerprint density at radius 1 is 1.30 bits per heavy atom. The number of nitrogens with zero attached hydrogens (tertiary/aromatic N) is 3. The minimum absolute atomic E-state index is 0.0971. The van der Waals surface area contributed by atoms with Gasteiger partial charge in [-0.2, -0.15) is 18.3 Å². The van der Waals surface area contributed by atoms with Gasteiger partial charge in [0.05, 0.1) is 18.4 Å². The van der Waals surface area contributed by atoms with Crippen LogP contribution in [-0.2, 0) is 6.18 Å². The molecule has 6 nitrogen and oxygen atoms in total. The first-order chi connectivity index (χ1) is 12.7. The van der Waals surface area contributed by atoms with E-state index in [-0.39, 0.29) is 16.9 Å². The second-order valence-corrected chi connectivity index (χ2v) is 5.88. The summed E-state index contributed by atoms with van der Waals surface area (Å²) in [4.78, 5) is 18.1. The van der Waals surface area contributed by atoms with Gasteiger partial charge in [-0.15, -0.1) is 0 Å². The number of aliphatic hydroxyl groups excluding tert-OH is 1. The summed E-state index contributed by atoms with van der Waals surface area (Å²) in [6.07, 6.45) is -1.90. The number of aromatic amines is 1. The van der Waals surface area contributed by atoms with Gasteiger partial charge in [0.2, 0.25) is 0 Å². The summed E-state index contributed by atoms with van der Waals surface area (Å²) < 4.78 is 53.6. The van der Waals surface area contributed by atoms with Gasteiger partial charge in [0.15, 0.2) is 5.82 Å². The molecule has 0 saturated carbocycles.